The van der Waals surface area contributed by atoms with Crippen molar-refractivity contribution in [2.75, 3.05) is 13.2 Å². The Bertz CT molecular complexity index is 406. The number of likely N-dealkylation sites (tertiary alicyclic amines) is 1. The second kappa shape index (κ2) is 3.57. The van der Waals surface area contributed by atoms with E-state index < -0.39 is 0 Å². The van der Waals surface area contributed by atoms with Crippen LogP contribution in [0.25, 0.3) is 0 Å². The summed E-state index contributed by atoms with van der Waals surface area (Å²) in [5.41, 5.74) is 0. The number of nitrogens with zero attached hydrogens (tertiary/aromatic N) is 1. The van der Waals surface area contributed by atoms with Crippen LogP contribution in [0.2, 0.25) is 0 Å². The number of ether oxygens (including phenoxy) is 1. The molecule has 0 spiro atoms. The lowest BCUT2D eigenvalue weighted by Crippen LogP contribution is -2.41. The van der Waals surface area contributed by atoms with Crippen LogP contribution in [0.15, 0.2) is 15.9 Å². The van der Waals surface area contributed by atoms with Crippen LogP contribution < -0.4 is 0 Å². The molecule has 0 aromatic carbocycles. The van der Waals surface area contributed by atoms with Gasteiger partial charge in [-0.25, -0.2) is 0 Å². The third-order valence-corrected chi connectivity index (χ3v) is 4.56. The molecular weight excluding hydrogens is 278 g/mol. The minimum absolute atomic E-state index is 0.154. The molecule has 2 unspecified atom stereocenters. The predicted molar refractivity (Wildman–Crippen MR) is 61.2 cm³/mol. The maximum absolute atomic E-state index is 12.1. The highest BCUT2D eigenvalue weighted by Crippen LogP contribution is 2.31. The summed E-state index contributed by atoms with van der Waals surface area (Å²) in [4.78, 5) is 14.9. The van der Waals surface area contributed by atoms with Crippen molar-refractivity contribution in [2.45, 2.75) is 18.6 Å². The third-order valence-electron chi connectivity index (χ3n) is 2.95. The number of amides is 1. The van der Waals surface area contributed by atoms with E-state index in [9.17, 15) is 4.79 Å². The number of halogens is 1. The third kappa shape index (κ3) is 1.62. The zero-order valence-corrected chi connectivity index (χ0v) is 10.4. The number of thiophene rings is 1. The summed E-state index contributed by atoms with van der Waals surface area (Å²) in [5.74, 6) is 0.154. The first-order valence-electron chi connectivity index (χ1n) is 4.92. The van der Waals surface area contributed by atoms with E-state index in [1.54, 1.807) is 0 Å². The minimum atomic E-state index is 0.154. The fourth-order valence-corrected chi connectivity index (χ4v) is 3.56. The first-order valence-corrected chi connectivity index (χ1v) is 6.53. The van der Waals surface area contributed by atoms with Gasteiger partial charge in [-0.3, -0.25) is 4.79 Å². The van der Waals surface area contributed by atoms with Crippen molar-refractivity contribution in [3.63, 3.8) is 0 Å². The molecule has 2 saturated heterocycles. The van der Waals surface area contributed by atoms with Crippen molar-refractivity contribution in [1.29, 1.82) is 0 Å². The Labute approximate surface area is 100 Å². The number of carbonyl (C=O) groups excluding carboxylic acids is 1. The van der Waals surface area contributed by atoms with Gasteiger partial charge in [0.2, 0.25) is 0 Å². The molecule has 1 aromatic rings. The summed E-state index contributed by atoms with van der Waals surface area (Å²) in [6, 6.07) is 4.11. The van der Waals surface area contributed by atoms with Gasteiger partial charge in [0.15, 0.2) is 0 Å². The Kier molecular flexibility index (Phi) is 2.34. The Hall–Kier alpha value is -0.390. The molecule has 0 N–H and O–H groups in total. The van der Waals surface area contributed by atoms with E-state index >= 15 is 0 Å². The standard InChI is InChI=1S/C10H10BrNO2S/c11-9-2-1-8(15-9)10(13)12-4-7-3-6(12)5-14-7/h1-2,6-7H,3-5H2. The quantitative estimate of drug-likeness (QED) is 0.792. The zero-order valence-electron chi connectivity index (χ0n) is 7.98. The van der Waals surface area contributed by atoms with Crippen LogP contribution in [0.3, 0.4) is 0 Å². The molecule has 2 fully saturated rings. The van der Waals surface area contributed by atoms with Gasteiger partial charge < -0.3 is 9.64 Å². The summed E-state index contributed by atoms with van der Waals surface area (Å²) in [7, 11) is 0. The Morgan fingerprint density at radius 2 is 2.47 bits per heavy atom. The van der Waals surface area contributed by atoms with Crippen LogP contribution in [0.4, 0.5) is 0 Å². The first-order chi connectivity index (χ1) is 7.24. The molecule has 3 rings (SSSR count). The van der Waals surface area contributed by atoms with Crippen LogP contribution in [0, 0.1) is 0 Å². The fraction of sp³-hybridized carbons (Fsp3) is 0.500. The van der Waals surface area contributed by atoms with Crippen LogP contribution >= 0.6 is 27.3 Å². The highest BCUT2D eigenvalue weighted by atomic mass is 79.9. The molecule has 0 aliphatic carbocycles. The topological polar surface area (TPSA) is 29.5 Å². The smallest absolute Gasteiger partial charge is 0.264 e. The van der Waals surface area contributed by atoms with Crippen molar-refractivity contribution in [3.05, 3.63) is 20.8 Å². The normalized spacial score (nSPS) is 28.7. The van der Waals surface area contributed by atoms with Crippen LogP contribution in [0.5, 0.6) is 0 Å². The summed E-state index contributed by atoms with van der Waals surface area (Å²) in [6.45, 7) is 1.47. The average molecular weight is 288 g/mol. The molecule has 2 bridgehead atoms. The van der Waals surface area contributed by atoms with Gasteiger partial charge in [-0.1, -0.05) is 0 Å². The molecule has 2 aliphatic heterocycles. The molecule has 1 aromatic heterocycles. The van der Waals surface area contributed by atoms with Crippen LogP contribution in [-0.2, 0) is 4.74 Å². The molecule has 2 aliphatic rings. The monoisotopic (exact) mass is 287 g/mol. The van der Waals surface area contributed by atoms with Crippen molar-refractivity contribution >= 4 is 33.2 Å². The molecule has 5 heteroatoms. The second-order valence-electron chi connectivity index (χ2n) is 3.91. The largest absolute Gasteiger partial charge is 0.374 e. The van der Waals surface area contributed by atoms with Gasteiger partial charge in [-0.2, -0.15) is 0 Å². The average Bonchev–Trinajstić information content (AvgIpc) is 2.90. The maximum Gasteiger partial charge on any atom is 0.264 e. The second-order valence-corrected chi connectivity index (χ2v) is 6.37. The lowest BCUT2D eigenvalue weighted by atomic mass is 10.2. The molecular formula is C10H10BrNO2S. The van der Waals surface area contributed by atoms with Crippen LogP contribution in [0.1, 0.15) is 16.1 Å². The lowest BCUT2D eigenvalue weighted by molar-refractivity contribution is 0.0262. The SMILES string of the molecule is O=C(c1ccc(Br)s1)N1CC2CC1CO2. The highest BCUT2D eigenvalue weighted by molar-refractivity contribution is 9.11. The molecule has 3 nitrogen and oxygen atoms in total. The molecule has 0 saturated carbocycles. The summed E-state index contributed by atoms with van der Waals surface area (Å²) in [6.07, 6.45) is 1.29. The van der Waals surface area contributed by atoms with Gasteiger partial charge in [0.25, 0.3) is 5.91 Å². The molecule has 2 atom stereocenters. The molecule has 0 radical (unpaired) electrons. The molecule has 3 heterocycles. The molecule has 1 amide bonds. The van der Waals surface area contributed by atoms with E-state index in [1.165, 1.54) is 11.3 Å². The Morgan fingerprint density at radius 3 is 3.00 bits per heavy atom. The minimum Gasteiger partial charge on any atom is -0.374 e. The van der Waals surface area contributed by atoms with E-state index in [2.05, 4.69) is 15.9 Å². The molecule has 15 heavy (non-hydrogen) atoms. The van der Waals surface area contributed by atoms with Gasteiger partial charge in [0.1, 0.15) is 0 Å². The van der Waals surface area contributed by atoms with E-state index in [1.807, 2.05) is 17.0 Å². The predicted octanol–water partition coefficient (Wildman–Crippen LogP) is 2.12. The number of fused-ring (bicyclic) bond motifs is 2. The van der Waals surface area contributed by atoms with E-state index in [0.29, 0.717) is 12.6 Å². The van der Waals surface area contributed by atoms with Gasteiger partial charge in [-0.15, -0.1) is 11.3 Å². The lowest BCUT2D eigenvalue weighted by Gasteiger charge is -2.26. The van der Waals surface area contributed by atoms with Gasteiger partial charge in [-0.05, 0) is 34.5 Å². The first kappa shape index (κ1) is 9.81. The van der Waals surface area contributed by atoms with Gasteiger partial charge >= 0.3 is 0 Å². The van der Waals surface area contributed by atoms with Crippen LogP contribution in [-0.4, -0.2) is 36.1 Å². The van der Waals surface area contributed by atoms with Crippen molar-refractivity contribution in [2.24, 2.45) is 0 Å². The summed E-state index contributed by atoms with van der Waals surface area (Å²) < 4.78 is 6.48. The Morgan fingerprint density at radius 1 is 1.60 bits per heavy atom. The summed E-state index contributed by atoms with van der Waals surface area (Å²) in [5, 5.41) is 0. The zero-order chi connectivity index (χ0) is 10.4. The number of morpholine rings is 1. The van der Waals surface area contributed by atoms with E-state index in [0.717, 1.165) is 21.6 Å². The van der Waals surface area contributed by atoms with Gasteiger partial charge in [0, 0.05) is 6.54 Å². The van der Waals surface area contributed by atoms with Crippen molar-refractivity contribution in [1.82, 2.24) is 4.90 Å². The highest BCUT2D eigenvalue weighted by Gasteiger charge is 2.41. The maximum atomic E-state index is 12.1. The summed E-state index contributed by atoms with van der Waals surface area (Å²) >= 11 is 4.87. The van der Waals surface area contributed by atoms with E-state index in [4.69, 9.17) is 4.74 Å². The number of rotatable bonds is 1. The fourth-order valence-electron chi connectivity index (χ4n) is 2.22. The van der Waals surface area contributed by atoms with Crippen molar-refractivity contribution < 1.29 is 9.53 Å². The number of carbonyl (C=O) groups is 1. The Balaban J connectivity index is 1.81. The molecule has 80 valence electrons. The van der Waals surface area contributed by atoms with E-state index in [-0.39, 0.29) is 12.0 Å². The number of hydrogen-bond donors (Lipinski definition) is 0. The van der Waals surface area contributed by atoms with Gasteiger partial charge in [0.05, 0.1) is 27.4 Å². The number of hydrogen-bond acceptors (Lipinski definition) is 3. The van der Waals surface area contributed by atoms with Crippen molar-refractivity contribution in [3.8, 4) is 0 Å².